The predicted molar refractivity (Wildman–Crippen MR) is 102 cm³/mol. The van der Waals surface area contributed by atoms with Crippen molar-refractivity contribution >= 4 is 22.6 Å². The van der Waals surface area contributed by atoms with Crippen LogP contribution in [0, 0.1) is 16.7 Å². The number of carboxylic acids is 1. The summed E-state index contributed by atoms with van der Waals surface area (Å²) in [6.45, 7) is 3.94. The zero-order valence-electron chi connectivity index (χ0n) is 15.6. The molecule has 28 heavy (non-hydrogen) atoms. The quantitative estimate of drug-likeness (QED) is 0.562. The van der Waals surface area contributed by atoms with E-state index in [0.717, 1.165) is 10.0 Å². The Hall–Kier alpha value is -3.50. The second kappa shape index (κ2) is 7.25. The molecule has 0 spiro atoms. The van der Waals surface area contributed by atoms with Gasteiger partial charge in [-0.1, -0.05) is 0 Å². The molecule has 0 fully saturated rings. The lowest BCUT2D eigenvalue weighted by Crippen LogP contribution is -2.30. The molecule has 11 heteroatoms. The molecule has 0 radical (unpaired) electrons. The molecule has 0 bridgehead atoms. The third-order valence-electron chi connectivity index (χ3n) is 4.74. The summed E-state index contributed by atoms with van der Waals surface area (Å²) in [5.41, 5.74) is 0.339. The van der Waals surface area contributed by atoms with Crippen molar-refractivity contribution < 1.29 is 14.6 Å². The number of carbonyl (C=O) groups is 1. The number of nitrogens with zero attached hydrogens (tertiary/aromatic N) is 5. The van der Waals surface area contributed by atoms with Crippen LogP contribution in [0.25, 0.3) is 10.9 Å². The van der Waals surface area contributed by atoms with Crippen LogP contribution in [-0.4, -0.2) is 47.4 Å². The molecule has 2 aromatic rings. The maximum atomic E-state index is 12.7. The Kier molecular flexibility index (Phi) is 4.99. The lowest BCUT2D eigenvalue weighted by atomic mass is 10.0. The van der Waals surface area contributed by atoms with Crippen LogP contribution >= 0.6 is 0 Å². The Bertz CT molecular complexity index is 1030. The van der Waals surface area contributed by atoms with E-state index < -0.39 is 11.4 Å². The van der Waals surface area contributed by atoms with E-state index in [-0.39, 0.29) is 42.4 Å². The van der Waals surface area contributed by atoms with Crippen molar-refractivity contribution in [1.82, 2.24) is 9.58 Å². The van der Waals surface area contributed by atoms with Gasteiger partial charge >= 0.3 is 5.97 Å². The third kappa shape index (κ3) is 3.04. The van der Waals surface area contributed by atoms with Crippen molar-refractivity contribution in [3.05, 3.63) is 43.4 Å². The number of benzene rings is 1. The van der Waals surface area contributed by atoms with Crippen molar-refractivity contribution in [3.8, 4) is 5.75 Å². The molecule has 0 aliphatic carbocycles. The van der Waals surface area contributed by atoms with Gasteiger partial charge in [0, 0.05) is 13.2 Å². The molecule has 1 aromatic heterocycles. The molecule has 11 nitrogen and oxygen atoms in total. The number of hydrogen-bond acceptors (Lipinski definition) is 7. The standard InChI is InChI=1S/C17H19N5O6/c1-9-6-11-14-16(13(9)22(19-27)5-4-20(3)18-26)28-8-10(2)21(14)7-12(15(11)23)17(24)25/h6-7,10H,4-5,8H2,1-3H3,(H,24,25)/t10-/m0/s1. The number of aromatic nitrogens is 1. The number of carboxylic acid groups (broad SMARTS) is 1. The molecule has 2 heterocycles. The molecule has 1 aromatic carbocycles. The minimum Gasteiger partial charge on any atom is -0.487 e. The Labute approximate surface area is 159 Å². The second-order valence-electron chi connectivity index (χ2n) is 6.68. The van der Waals surface area contributed by atoms with E-state index in [4.69, 9.17) is 4.74 Å². The van der Waals surface area contributed by atoms with Crippen molar-refractivity contribution in [1.29, 1.82) is 0 Å². The topological polar surface area (TPSA) is 134 Å². The number of anilines is 1. The molecule has 1 atom stereocenters. The Morgan fingerprint density at radius 3 is 2.68 bits per heavy atom. The number of hydrogen-bond donors (Lipinski definition) is 1. The van der Waals surface area contributed by atoms with Gasteiger partial charge in [-0.3, -0.25) is 9.80 Å². The summed E-state index contributed by atoms with van der Waals surface area (Å²) in [4.78, 5) is 46.2. The number of ether oxygens (including phenoxy) is 1. The molecule has 0 saturated heterocycles. The highest BCUT2D eigenvalue weighted by atomic mass is 16.5. The SMILES string of the molecule is Cc1cc2c(=O)c(C(=O)O)cn3c2c(c1N(CCN(C)N=O)N=O)OC[C@@H]3C. The van der Waals surface area contributed by atoms with Crippen LogP contribution in [0.4, 0.5) is 5.69 Å². The van der Waals surface area contributed by atoms with Gasteiger partial charge < -0.3 is 14.4 Å². The van der Waals surface area contributed by atoms with E-state index >= 15 is 0 Å². The zero-order chi connectivity index (χ0) is 20.6. The number of pyridine rings is 1. The normalized spacial score (nSPS) is 15.0. The smallest absolute Gasteiger partial charge is 0.341 e. The molecule has 0 amide bonds. The van der Waals surface area contributed by atoms with Crippen LogP contribution in [0.1, 0.15) is 28.9 Å². The number of aryl methyl sites for hydroxylation is 1. The molecule has 1 aliphatic rings. The predicted octanol–water partition coefficient (Wildman–Crippen LogP) is 2.06. The number of nitroso groups, excluding NO2 is 2. The molecule has 3 rings (SSSR count). The van der Waals surface area contributed by atoms with Crippen LogP contribution in [0.5, 0.6) is 5.75 Å². The highest BCUT2D eigenvalue weighted by Crippen LogP contribution is 2.42. The fourth-order valence-electron chi connectivity index (χ4n) is 3.32. The second-order valence-corrected chi connectivity index (χ2v) is 6.68. The van der Waals surface area contributed by atoms with Crippen LogP contribution < -0.4 is 15.2 Å². The molecule has 0 saturated carbocycles. The van der Waals surface area contributed by atoms with Crippen molar-refractivity contribution in [2.45, 2.75) is 19.9 Å². The van der Waals surface area contributed by atoms with Gasteiger partial charge in [0.05, 0.1) is 40.6 Å². The van der Waals surface area contributed by atoms with Gasteiger partial charge in [0.1, 0.15) is 17.9 Å². The van der Waals surface area contributed by atoms with E-state index in [1.165, 1.54) is 19.3 Å². The number of rotatable bonds is 7. The van der Waals surface area contributed by atoms with E-state index in [2.05, 4.69) is 10.6 Å². The molecule has 1 aliphatic heterocycles. The highest BCUT2D eigenvalue weighted by Gasteiger charge is 2.29. The zero-order valence-corrected chi connectivity index (χ0v) is 15.6. The van der Waals surface area contributed by atoms with Gasteiger partial charge in [0.2, 0.25) is 5.43 Å². The summed E-state index contributed by atoms with van der Waals surface area (Å²) in [5.74, 6) is -1.03. The summed E-state index contributed by atoms with van der Waals surface area (Å²) in [6, 6.07) is 1.31. The largest absolute Gasteiger partial charge is 0.487 e. The van der Waals surface area contributed by atoms with Crippen LogP contribution in [0.3, 0.4) is 0 Å². The fourth-order valence-corrected chi connectivity index (χ4v) is 3.32. The maximum Gasteiger partial charge on any atom is 0.341 e. The average molecular weight is 389 g/mol. The van der Waals surface area contributed by atoms with Crippen molar-refractivity contribution in [2.75, 3.05) is 31.8 Å². The molecule has 0 unspecified atom stereocenters. The van der Waals surface area contributed by atoms with Crippen LogP contribution in [0.15, 0.2) is 27.6 Å². The molecule has 1 N–H and O–H groups in total. The van der Waals surface area contributed by atoms with Gasteiger partial charge in [0.15, 0.2) is 5.75 Å². The van der Waals surface area contributed by atoms with Crippen molar-refractivity contribution in [3.63, 3.8) is 0 Å². The summed E-state index contributed by atoms with van der Waals surface area (Å²) in [6.07, 6.45) is 1.30. The fraction of sp³-hybridized carbons (Fsp3) is 0.412. The molecular weight excluding hydrogens is 370 g/mol. The maximum absolute atomic E-state index is 12.7. The summed E-state index contributed by atoms with van der Waals surface area (Å²) >= 11 is 0. The number of likely N-dealkylation sites (N-methyl/N-ethyl adjacent to an activating group) is 1. The highest BCUT2D eigenvalue weighted by molar-refractivity contribution is 5.98. The van der Waals surface area contributed by atoms with Crippen LogP contribution in [-0.2, 0) is 0 Å². The lowest BCUT2D eigenvalue weighted by molar-refractivity contribution is 0.0694. The van der Waals surface area contributed by atoms with Gasteiger partial charge in [-0.2, -0.15) is 0 Å². The van der Waals surface area contributed by atoms with E-state index in [0.29, 0.717) is 16.8 Å². The first kappa shape index (κ1) is 19.3. The van der Waals surface area contributed by atoms with E-state index in [9.17, 15) is 24.5 Å². The first-order chi connectivity index (χ1) is 13.3. The Morgan fingerprint density at radius 2 is 2.07 bits per heavy atom. The van der Waals surface area contributed by atoms with Crippen LogP contribution in [0.2, 0.25) is 0 Å². The Morgan fingerprint density at radius 1 is 1.36 bits per heavy atom. The minimum atomic E-state index is -1.31. The van der Waals surface area contributed by atoms with E-state index in [1.54, 1.807) is 11.5 Å². The van der Waals surface area contributed by atoms with Crippen molar-refractivity contribution in [2.24, 2.45) is 10.6 Å². The summed E-state index contributed by atoms with van der Waals surface area (Å²) in [5, 5.41) is 17.6. The van der Waals surface area contributed by atoms with Gasteiger partial charge in [-0.15, -0.1) is 9.81 Å². The first-order valence-electron chi connectivity index (χ1n) is 8.53. The Balaban J connectivity index is 2.27. The third-order valence-corrected chi connectivity index (χ3v) is 4.74. The lowest BCUT2D eigenvalue weighted by Gasteiger charge is -2.31. The first-order valence-corrected chi connectivity index (χ1v) is 8.53. The monoisotopic (exact) mass is 389 g/mol. The van der Waals surface area contributed by atoms with Gasteiger partial charge in [-0.05, 0) is 25.5 Å². The van der Waals surface area contributed by atoms with Gasteiger partial charge in [0.25, 0.3) is 0 Å². The van der Waals surface area contributed by atoms with Gasteiger partial charge in [-0.25, -0.2) is 9.80 Å². The summed E-state index contributed by atoms with van der Waals surface area (Å²) < 4.78 is 7.52. The average Bonchev–Trinajstić information content (AvgIpc) is 2.67. The molecule has 148 valence electrons. The minimum absolute atomic E-state index is 0.0709. The van der Waals surface area contributed by atoms with E-state index in [1.807, 2.05) is 6.92 Å². The summed E-state index contributed by atoms with van der Waals surface area (Å²) in [7, 11) is 1.47. The molecular formula is C17H19N5O6. The number of aromatic carboxylic acids is 1.